The first-order valence-corrected chi connectivity index (χ1v) is 5.14. The minimum Gasteiger partial charge on any atom is -0.382 e. The lowest BCUT2D eigenvalue weighted by Gasteiger charge is -2.01. The van der Waals surface area contributed by atoms with E-state index >= 15 is 0 Å². The fraction of sp³-hybridized carbons (Fsp3) is 0.100. The maximum atomic E-state index is 13.2. The van der Waals surface area contributed by atoms with Crippen molar-refractivity contribution in [1.29, 1.82) is 0 Å². The average Bonchev–Trinajstić information content (AvgIpc) is 2.46. The predicted octanol–water partition coefficient (Wildman–Crippen LogP) is 2.87. The number of aromatic nitrogens is 2. The van der Waals surface area contributed by atoms with Crippen LogP contribution in [0.3, 0.4) is 0 Å². The molecule has 1 heterocycles. The minimum absolute atomic E-state index is 0.299. The molecule has 0 fully saturated rings. The molecule has 0 aliphatic heterocycles. The van der Waals surface area contributed by atoms with Crippen LogP contribution in [0.2, 0.25) is 0 Å². The zero-order valence-electron chi connectivity index (χ0n) is 8.01. The zero-order chi connectivity index (χ0) is 11.0. The van der Waals surface area contributed by atoms with Gasteiger partial charge in [-0.05, 0) is 25.1 Å². The fourth-order valence-corrected chi connectivity index (χ4v) is 1.86. The van der Waals surface area contributed by atoms with Gasteiger partial charge in [0.25, 0.3) is 0 Å². The molecule has 0 spiro atoms. The van der Waals surface area contributed by atoms with E-state index in [1.54, 1.807) is 0 Å². The van der Waals surface area contributed by atoms with Crippen LogP contribution in [0, 0.1) is 12.7 Å². The molecule has 78 valence electrons. The lowest BCUT2D eigenvalue weighted by Crippen LogP contribution is -1.87. The molecule has 0 unspecified atom stereocenters. The average molecular weight is 270 g/mol. The van der Waals surface area contributed by atoms with Gasteiger partial charge in [-0.2, -0.15) is 5.10 Å². The van der Waals surface area contributed by atoms with Gasteiger partial charge in [-0.25, -0.2) is 4.39 Å². The first kappa shape index (κ1) is 10.2. The topological polar surface area (TPSA) is 54.7 Å². The van der Waals surface area contributed by atoms with Crippen molar-refractivity contribution in [1.82, 2.24) is 10.2 Å². The van der Waals surface area contributed by atoms with E-state index in [-0.39, 0.29) is 5.82 Å². The summed E-state index contributed by atoms with van der Waals surface area (Å²) in [5.74, 6) is 0.136. The monoisotopic (exact) mass is 269 g/mol. The Balaban J connectivity index is 2.58. The third-order valence-corrected chi connectivity index (χ3v) is 2.66. The van der Waals surface area contributed by atoms with Crippen LogP contribution in [0.5, 0.6) is 0 Å². The summed E-state index contributed by atoms with van der Waals surface area (Å²) < 4.78 is 13.8. The van der Waals surface area contributed by atoms with Crippen molar-refractivity contribution in [3.63, 3.8) is 0 Å². The number of hydrogen-bond acceptors (Lipinski definition) is 2. The molecule has 2 aromatic rings. The van der Waals surface area contributed by atoms with Gasteiger partial charge in [-0.1, -0.05) is 15.9 Å². The SMILES string of the molecule is Cc1c(N)n[nH]c1-c1cc(F)cc(Br)c1. The molecule has 1 aromatic carbocycles. The summed E-state index contributed by atoms with van der Waals surface area (Å²) in [6, 6.07) is 4.65. The number of halogens is 2. The lowest BCUT2D eigenvalue weighted by molar-refractivity contribution is 0.627. The first-order chi connectivity index (χ1) is 7.08. The Morgan fingerprint density at radius 1 is 1.40 bits per heavy atom. The summed E-state index contributed by atoms with van der Waals surface area (Å²) >= 11 is 3.24. The predicted molar refractivity (Wildman–Crippen MR) is 60.8 cm³/mol. The number of benzene rings is 1. The molecule has 5 heteroatoms. The van der Waals surface area contributed by atoms with Crippen LogP contribution in [-0.2, 0) is 0 Å². The lowest BCUT2D eigenvalue weighted by atomic mass is 10.1. The number of hydrogen-bond donors (Lipinski definition) is 2. The molecule has 1 aromatic heterocycles. The molecule has 0 radical (unpaired) electrons. The number of rotatable bonds is 1. The highest BCUT2D eigenvalue weighted by Crippen LogP contribution is 2.27. The number of nitrogens with two attached hydrogens (primary N) is 1. The van der Waals surface area contributed by atoms with Gasteiger partial charge in [0.05, 0.1) is 5.69 Å². The maximum absolute atomic E-state index is 13.2. The third kappa shape index (κ3) is 1.87. The Morgan fingerprint density at radius 3 is 2.67 bits per heavy atom. The number of nitrogen functional groups attached to an aromatic ring is 1. The summed E-state index contributed by atoms with van der Waals surface area (Å²) in [7, 11) is 0. The second-order valence-electron chi connectivity index (χ2n) is 3.27. The zero-order valence-corrected chi connectivity index (χ0v) is 9.60. The molecule has 0 bridgehead atoms. The van der Waals surface area contributed by atoms with Crippen LogP contribution >= 0.6 is 15.9 Å². The third-order valence-electron chi connectivity index (χ3n) is 2.20. The molecule has 0 aliphatic carbocycles. The molecule has 0 aliphatic rings. The van der Waals surface area contributed by atoms with Gasteiger partial charge in [-0.15, -0.1) is 0 Å². The van der Waals surface area contributed by atoms with Gasteiger partial charge < -0.3 is 5.73 Å². The van der Waals surface area contributed by atoms with Crippen molar-refractivity contribution in [2.24, 2.45) is 0 Å². The van der Waals surface area contributed by atoms with E-state index in [0.717, 1.165) is 16.8 Å². The molecular weight excluding hydrogens is 261 g/mol. The summed E-state index contributed by atoms with van der Waals surface area (Å²) in [5.41, 5.74) is 7.90. The van der Waals surface area contributed by atoms with Crippen LogP contribution < -0.4 is 5.73 Å². The summed E-state index contributed by atoms with van der Waals surface area (Å²) in [5, 5.41) is 6.65. The molecule has 0 saturated carbocycles. The first-order valence-electron chi connectivity index (χ1n) is 4.35. The molecule has 15 heavy (non-hydrogen) atoms. The fourth-order valence-electron chi connectivity index (χ4n) is 1.39. The highest BCUT2D eigenvalue weighted by molar-refractivity contribution is 9.10. The number of H-pyrrole nitrogens is 1. The van der Waals surface area contributed by atoms with E-state index in [4.69, 9.17) is 5.73 Å². The molecule has 0 saturated heterocycles. The molecular formula is C10H9BrFN3. The second kappa shape index (κ2) is 3.66. The molecule has 3 N–H and O–H groups in total. The highest BCUT2D eigenvalue weighted by Gasteiger charge is 2.09. The highest BCUT2D eigenvalue weighted by atomic mass is 79.9. The van der Waals surface area contributed by atoms with Gasteiger partial charge in [0.15, 0.2) is 0 Å². The van der Waals surface area contributed by atoms with Crippen LogP contribution in [0.1, 0.15) is 5.56 Å². The normalized spacial score (nSPS) is 10.6. The van der Waals surface area contributed by atoms with E-state index in [1.807, 2.05) is 13.0 Å². The summed E-state index contributed by atoms with van der Waals surface area (Å²) in [6.45, 7) is 1.84. The van der Waals surface area contributed by atoms with E-state index in [9.17, 15) is 4.39 Å². The quantitative estimate of drug-likeness (QED) is 0.837. The summed E-state index contributed by atoms with van der Waals surface area (Å²) in [4.78, 5) is 0. The van der Waals surface area contributed by atoms with Crippen LogP contribution in [0.15, 0.2) is 22.7 Å². The summed E-state index contributed by atoms with van der Waals surface area (Å²) in [6.07, 6.45) is 0. The number of nitrogens with one attached hydrogen (secondary N) is 1. The van der Waals surface area contributed by atoms with Gasteiger partial charge in [0.1, 0.15) is 11.6 Å². The number of nitrogens with zero attached hydrogens (tertiary/aromatic N) is 1. The maximum Gasteiger partial charge on any atom is 0.148 e. The van der Waals surface area contributed by atoms with Gasteiger partial charge in [0.2, 0.25) is 0 Å². The minimum atomic E-state index is -0.299. The van der Waals surface area contributed by atoms with E-state index in [1.165, 1.54) is 12.1 Å². The van der Waals surface area contributed by atoms with Gasteiger partial charge in [-0.3, -0.25) is 5.10 Å². The Labute approximate surface area is 94.6 Å². The largest absolute Gasteiger partial charge is 0.382 e. The van der Waals surface area contributed by atoms with E-state index in [2.05, 4.69) is 26.1 Å². The molecule has 0 amide bonds. The molecule has 2 rings (SSSR count). The standard InChI is InChI=1S/C10H9BrFN3/c1-5-9(14-15-10(5)13)6-2-7(11)4-8(12)3-6/h2-4H,1H3,(H3,13,14,15). The van der Waals surface area contributed by atoms with Crippen molar-refractivity contribution in [3.8, 4) is 11.3 Å². The van der Waals surface area contributed by atoms with Gasteiger partial charge in [0, 0.05) is 15.6 Å². The smallest absolute Gasteiger partial charge is 0.148 e. The van der Waals surface area contributed by atoms with E-state index in [0.29, 0.717) is 10.3 Å². The number of anilines is 1. The second-order valence-corrected chi connectivity index (χ2v) is 4.18. The van der Waals surface area contributed by atoms with Crippen molar-refractivity contribution < 1.29 is 4.39 Å². The Kier molecular flexibility index (Phi) is 2.48. The van der Waals surface area contributed by atoms with Crippen molar-refractivity contribution in [2.45, 2.75) is 6.92 Å². The van der Waals surface area contributed by atoms with Crippen LogP contribution in [0.25, 0.3) is 11.3 Å². The van der Waals surface area contributed by atoms with Crippen molar-refractivity contribution in [3.05, 3.63) is 34.1 Å². The molecule has 0 atom stereocenters. The van der Waals surface area contributed by atoms with Crippen molar-refractivity contribution in [2.75, 3.05) is 5.73 Å². The van der Waals surface area contributed by atoms with Crippen LogP contribution in [0.4, 0.5) is 10.2 Å². The van der Waals surface area contributed by atoms with Crippen LogP contribution in [-0.4, -0.2) is 10.2 Å². The Hall–Kier alpha value is -1.36. The Morgan fingerprint density at radius 2 is 2.13 bits per heavy atom. The van der Waals surface area contributed by atoms with Gasteiger partial charge >= 0.3 is 0 Å². The van der Waals surface area contributed by atoms with Crippen molar-refractivity contribution >= 4 is 21.7 Å². The Bertz CT molecular complexity index is 487. The molecule has 3 nitrogen and oxygen atoms in total. The number of aromatic amines is 1. The van der Waals surface area contributed by atoms with E-state index < -0.39 is 0 Å².